The van der Waals surface area contributed by atoms with Crippen LogP contribution in [0.2, 0.25) is 0 Å². The van der Waals surface area contributed by atoms with Crippen LogP contribution in [0.5, 0.6) is 5.75 Å². The zero-order valence-electron chi connectivity index (χ0n) is 25.6. The number of anilines is 1. The van der Waals surface area contributed by atoms with E-state index in [4.69, 9.17) is 9.84 Å². The second kappa shape index (κ2) is 12.8. The normalized spacial score (nSPS) is 20.5. The van der Waals surface area contributed by atoms with E-state index in [1.165, 1.54) is 28.1 Å². The highest BCUT2D eigenvalue weighted by atomic mass is 32.2. The molecule has 0 aromatic heterocycles. The van der Waals surface area contributed by atoms with Crippen molar-refractivity contribution in [3.63, 3.8) is 0 Å². The molecule has 9 heteroatoms. The molecule has 8 nitrogen and oxygen atoms in total. The SMILES string of the molecule is CCCCN(CCCS(=O)(=O)O)c1ccc2c(c1)OC1CC[N+]3=C(C1=C2)C(C)(CCCCCC(=O)O)c1cc(C)ccc13. The third kappa shape index (κ3) is 6.83. The molecule has 0 aliphatic carbocycles. The second-order valence-corrected chi connectivity index (χ2v) is 14.1. The van der Waals surface area contributed by atoms with Crippen molar-refractivity contribution in [2.24, 2.45) is 0 Å². The van der Waals surface area contributed by atoms with Crippen molar-refractivity contribution in [2.75, 3.05) is 30.3 Å². The van der Waals surface area contributed by atoms with Crippen LogP contribution < -0.4 is 9.64 Å². The van der Waals surface area contributed by atoms with Crippen LogP contribution in [0.25, 0.3) is 6.08 Å². The van der Waals surface area contributed by atoms with E-state index in [1.807, 2.05) is 0 Å². The fourth-order valence-electron chi connectivity index (χ4n) is 7.02. The fraction of sp³-hybridized carbons (Fsp3) is 0.529. The van der Waals surface area contributed by atoms with Crippen LogP contribution in [-0.2, 0) is 20.3 Å². The Bertz CT molecular complexity index is 1550. The molecule has 2 aromatic carbocycles. The number of carboxylic acids is 1. The van der Waals surface area contributed by atoms with Gasteiger partial charge < -0.3 is 14.7 Å². The topological polar surface area (TPSA) is 107 Å². The number of hydrogen-bond donors (Lipinski definition) is 2. The van der Waals surface area contributed by atoms with Gasteiger partial charge >= 0.3 is 5.97 Å². The van der Waals surface area contributed by atoms with E-state index < -0.39 is 16.1 Å². The fourth-order valence-corrected chi connectivity index (χ4v) is 7.51. The summed E-state index contributed by atoms with van der Waals surface area (Å²) in [5, 5.41) is 9.09. The molecular formula is C34H45N2O6S+. The Balaban J connectivity index is 1.45. The van der Waals surface area contributed by atoms with Gasteiger partial charge in [0.15, 0.2) is 12.3 Å². The standard InChI is InChI=1S/C34H44N2O6S/c1-4-5-17-35(18-9-20-43(39,40)41)26-13-12-25-22-27-30(42-31(25)23-26)15-19-36-29-14-11-24(2)21-28(29)34(3,33(27)36)16-8-6-7-10-32(37)38/h11-14,21-23,30H,4-10,15-20H2,1-3H3,(H-,37,38,39,40,41)/p+1. The van der Waals surface area contributed by atoms with Crippen molar-refractivity contribution in [3.8, 4) is 5.75 Å². The van der Waals surface area contributed by atoms with Crippen LogP contribution in [0.4, 0.5) is 11.4 Å². The van der Waals surface area contributed by atoms with Crippen LogP contribution in [0.1, 0.15) is 88.3 Å². The van der Waals surface area contributed by atoms with Crippen molar-refractivity contribution in [3.05, 3.63) is 58.7 Å². The summed E-state index contributed by atoms with van der Waals surface area (Å²) in [6, 6.07) is 13.0. The summed E-state index contributed by atoms with van der Waals surface area (Å²) in [6.07, 6.45) is 9.18. The number of rotatable bonds is 14. The molecule has 0 saturated carbocycles. The third-order valence-electron chi connectivity index (χ3n) is 9.19. The molecule has 2 unspecified atom stereocenters. The number of nitrogens with zero attached hydrogens (tertiary/aromatic N) is 2. The summed E-state index contributed by atoms with van der Waals surface area (Å²) >= 11 is 0. The first kappa shape index (κ1) is 31.3. The summed E-state index contributed by atoms with van der Waals surface area (Å²) in [4.78, 5) is 13.2. The maximum Gasteiger partial charge on any atom is 0.303 e. The minimum atomic E-state index is -3.99. The average Bonchev–Trinajstić information content (AvgIpc) is 3.20. The predicted octanol–water partition coefficient (Wildman–Crippen LogP) is 6.52. The highest BCUT2D eigenvalue weighted by Gasteiger charge is 2.54. The summed E-state index contributed by atoms with van der Waals surface area (Å²) in [6.45, 7) is 8.84. The molecule has 0 saturated heterocycles. The number of ether oxygens (including phenoxy) is 1. The Labute approximate surface area is 255 Å². The van der Waals surface area contributed by atoms with Gasteiger partial charge in [0.05, 0.1) is 16.7 Å². The van der Waals surface area contributed by atoms with Gasteiger partial charge in [0.25, 0.3) is 10.1 Å². The number of carbonyl (C=O) groups is 1. The van der Waals surface area contributed by atoms with Gasteiger partial charge in [-0.1, -0.05) is 37.8 Å². The highest BCUT2D eigenvalue weighted by Crippen LogP contribution is 2.49. The molecule has 2 atom stereocenters. The van der Waals surface area contributed by atoms with Gasteiger partial charge in [-0.25, -0.2) is 0 Å². The van der Waals surface area contributed by atoms with Crippen LogP contribution in [0.15, 0.2) is 42.0 Å². The van der Waals surface area contributed by atoms with Gasteiger partial charge in [-0.05, 0) is 63.8 Å². The van der Waals surface area contributed by atoms with Crippen molar-refractivity contribution in [1.82, 2.24) is 0 Å². The van der Waals surface area contributed by atoms with Gasteiger partial charge in [-0.3, -0.25) is 9.35 Å². The highest BCUT2D eigenvalue weighted by molar-refractivity contribution is 7.85. The average molecular weight is 610 g/mol. The van der Waals surface area contributed by atoms with Gasteiger partial charge in [0.2, 0.25) is 5.69 Å². The summed E-state index contributed by atoms with van der Waals surface area (Å²) in [5.74, 6) is -0.138. The first-order chi connectivity index (χ1) is 20.5. The lowest BCUT2D eigenvalue weighted by molar-refractivity contribution is -0.444. The summed E-state index contributed by atoms with van der Waals surface area (Å²) in [7, 11) is -3.99. The number of aliphatic carboxylic acids is 1. The quantitative estimate of drug-likeness (QED) is 0.143. The van der Waals surface area contributed by atoms with Crippen molar-refractivity contribution in [1.29, 1.82) is 0 Å². The van der Waals surface area contributed by atoms with Gasteiger partial charge in [0.1, 0.15) is 11.9 Å². The number of aryl methyl sites for hydroxylation is 1. The first-order valence-corrected chi connectivity index (χ1v) is 17.3. The molecule has 0 spiro atoms. The molecule has 0 radical (unpaired) electrons. The molecule has 232 valence electrons. The minimum Gasteiger partial charge on any atom is -0.485 e. The van der Waals surface area contributed by atoms with E-state index in [2.05, 4.69) is 72.7 Å². The maximum absolute atomic E-state index is 11.3. The lowest BCUT2D eigenvalue weighted by atomic mass is 9.71. The Kier molecular flexibility index (Phi) is 9.32. The minimum absolute atomic E-state index is 0.0561. The molecule has 0 bridgehead atoms. The van der Waals surface area contributed by atoms with Crippen molar-refractivity contribution < 1.29 is 32.2 Å². The van der Waals surface area contributed by atoms with Crippen molar-refractivity contribution >= 4 is 39.2 Å². The molecule has 5 rings (SSSR count). The molecule has 3 aliphatic rings. The van der Waals surface area contributed by atoms with E-state index in [0.717, 1.165) is 68.6 Å². The number of fused-ring (bicyclic) bond motifs is 5. The number of benzene rings is 2. The summed E-state index contributed by atoms with van der Waals surface area (Å²) < 4.78 is 41.0. The van der Waals surface area contributed by atoms with Crippen LogP contribution in [0.3, 0.4) is 0 Å². The number of hydrogen-bond acceptors (Lipinski definition) is 5. The maximum atomic E-state index is 11.3. The monoisotopic (exact) mass is 609 g/mol. The lowest BCUT2D eigenvalue weighted by Crippen LogP contribution is -2.44. The second-order valence-electron chi connectivity index (χ2n) is 12.5. The van der Waals surface area contributed by atoms with Crippen LogP contribution in [0, 0.1) is 6.92 Å². The third-order valence-corrected chi connectivity index (χ3v) is 9.99. The molecule has 3 aliphatic heterocycles. The van der Waals surface area contributed by atoms with Gasteiger partial charge in [0, 0.05) is 54.9 Å². The Morgan fingerprint density at radius 1 is 1.09 bits per heavy atom. The first-order valence-electron chi connectivity index (χ1n) is 15.7. The Morgan fingerprint density at radius 2 is 1.88 bits per heavy atom. The van der Waals surface area contributed by atoms with Gasteiger partial charge in [-0.2, -0.15) is 13.0 Å². The summed E-state index contributed by atoms with van der Waals surface area (Å²) in [5.41, 5.74) is 8.23. The Hall–Kier alpha value is -3.17. The molecule has 43 heavy (non-hydrogen) atoms. The Morgan fingerprint density at radius 3 is 2.63 bits per heavy atom. The van der Waals surface area contributed by atoms with E-state index in [0.29, 0.717) is 19.4 Å². The van der Waals surface area contributed by atoms with Crippen LogP contribution >= 0.6 is 0 Å². The van der Waals surface area contributed by atoms with Crippen molar-refractivity contribution in [2.45, 2.75) is 90.1 Å². The molecular weight excluding hydrogens is 564 g/mol. The lowest BCUT2D eigenvalue weighted by Gasteiger charge is -2.34. The van der Waals surface area contributed by atoms with E-state index in [9.17, 15) is 17.8 Å². The smallest absolute Gasteiger partial charge is 0.303 e. The molecule has 0 amide bonds. The molecule has 0 fully saturated rings. The van der Waals surface area contributed by atoms with E-state index in [-0.39, 0.29) is 23.7 Å². The van der Waals surface area contributed by atoms with E-state index in [1.54, 1.807) is 0 Å². The van der Waals surface area contributed by atoms with Crippen LogP contribution in [-0.4, -0.2) is 65.8 Å². The molecule has 2 N–H and O–H groups in total. The van der Waals surface area contributed by atoms with Gasteiger partial charge in [-0.15, -0.1) is 0 Å². The van der Waals surface area contributed by atoms with E-state index >= 15 is 0 Å². The molecule has 2 aromatic rings. The zero-order chi connectivity index (χ0) is 30.8. The predicted molar refractivity (Wildman–Crippen MR) is 171 cm³/mol. The largest absolute Gasteiger partial charge is 0.485 e. The zero-order valence-corrected chi connectivity index (χ0v) is 26.5. The number of unbranched alkanes of at least 4 members (excludes halogenated alkanes) is 3. The molecule has 3 heterocycles. The number of carboxylic acid groups (broad SMARTS) is 1.